The van der Waals surface area contributed by atoms with E-state index in [1.54, 1.807) is 0 Å². The van der Waals surface area contributed by atoms with Gasteiger partial charge in [-0.25, -0.2) is 5.23 Å². The molecular formula is C27H40N2O3. The Kier molecular flexibility index (Phi) is 7.53. The van der Waals surface area contributed by atoms with Crippen molar-refractivity contribution in [1.29, 1.82) is 0 Å². The Morgan fingerprint density at radius 2 is 1.28 bits per heavy atom. The fraction of sp³-hybridized carbons (Fsp3) is 0.556. The largest absolute Gasteiger partial charge is 0.752 e. The highest BCUT2D eigenvalue weighted by molar-refractivity contribution is 5.60. The van der Waals surface area contributed by atoms with Gasteiger partial charge in [0.15, 0.2) is 0 Å². The van der Waals surface area contributed by atoms with Gasteiger partial charge in [-0.05, 0) is 84.1 Å². The minimum absolute atomic E-state index is 0.170. The summed E-state index contributed by atoms with van der Waals surface area (Å²) in [6.07, 6.45) is 5.32. The molecule has 3 rings (SSSR count). The van der Waals surface area contributed by atoms with Crippen LogP contribution in [-0.4, -0.2) is 29.5 Å². The average Bonchev–Trinajstić information content (AvgIpc) is 2.80. The molecule has 0 amide bonds. The monoisotopic (exact) mass is 440 g/mol. The van der Waals surface area contributed by atoms with Crippen LogP contribution in [0, 0.1) is 5.21 Å². The first kappa shape index (κ1) is 24.6. The number of hydrogen-bond acceptors (Lipinski definition) is 4. The van der Waals surface area contributed by atoms with Crippen molar-refractivity contribution in [1.82, 2.24) is 9.71 Å². The molecule has 32 heavy (non-hydrogen) atoms. The summed E-state index contributed by atoms with van der Waals surface area (Å²) in [6, 6.07) is 16.7. The van der Waals surface area contributed by atoms with Crippen LogP contribution in [0.4, 0.5) is 11.4 Å². The van der Waals surface area contributed by atoms with Crippen molar-refractivity contribution in [3.8, 4) is 11.5 Å². The summed E-state index contributed by atoms with van der Waals surface area (Å²) in [5, 5.41) is 13.1. The zero-order chi connectivity index (χ0) is 23.4. The molecule has 0 unspecified atom stereocenters. The van der Waals surface area contributed by atoms with Crippen molar-refractivity contribution >= 4 is 11.4 Å². The highest BCUT2D eigenvalue weighted by Crippen LogP contribution is 2.40. The number of ether oxygens (including phenoxy) is 1. The molecule has 0 spiro atoms. The third kappa shape index (κ3) is 5.45. The van der Waals surface area contributed by atoms with Crippen LogP contribution in [0.15, 0.2) is 48.5 Å². The van der Waals surface area contributed by atoms with E-state index in [1.165, 1.54) is 30.6 Å². The lowest BCUT2D eigenvalue weighted by atomic mass is 10.0. The van der Waals surface area contributed by atoms with E-state index in [1.807, 2.05) is 32.9 Å². The summed E-state index contributed by atoms with van der Waals surface area (Å²) < 4.78 is 6.98. The SMILES string of the molecule is CCC(C)(C)Oc1ccc([N+]2(c3ccc(ON([O-])C(C)(C)CC)cc3)CCCCC2)cc1. The lowest BCUT2D eigenvalue weighted by Gasteiger charge is -2.42. The second-order valence-corrected chi connectivity index (χ2v) is 10.2. The summed E-state index contributed by atoms with van der Waals surface area (Å²) >= 11 is 0. The molecule has 5 nitrogen and oxygen atoms in total. The molecule has 5 heteroatoms. The number of piperidine rings is 1. The fourth-order valence-electron chi connectivity index (χ4n) is 4.05. The van der Waals surface area contributed by atoms with E-state index >= 15 is 0 Å². The maximum atomic E-state index is 12.4. The Morgan fingerprint density at radius 3 is 1.75 bits per heavy atom. The zero-order valence-electron chi connectivity index (χ0n) is 20.7. The van der Waals surface area contributed by atoms with Gasteiger partial charge in [0.2, 0.25) is 0 Å². The van der Waals surface area contributed by atoms with Gasteiger partial charge in [-0.3, -0.25) is 4.48 Å². The minimum Gasteiger partial charge on any atom is -0.752 e. The number of hydrogen-bond donors (Lipinski definition) is 0. The molecule has 2 aromatic rings. The lowest BCUT2D eigenvalue weighted by Crippen LogP contribution is -2.48. The molecular weight excluding hydrogens is 400 g/mol. The Hall–Kier alpha value is -2.08. The summed E-state index contributed by atoms with van der Waals surface area (Å²) in [5.74, 6) is 1.49. The van der Waals surface area contributed by atoms with Gasteiger partial charge in [-0.1, -0.05) is 13.8 Å². The van der Waals surface area contributed by atoms with E-state index in [-0.39, 0.29) is 5.60 Å². The molecule has 1 aliphatic rings. The molecule has 0 N–H and O–H groups in total. The van der Waals surface area contributed by atoms with Crippen LogP contribution >= 0.6 is 0 Å². The van der Waals surface area contributed by atoms with Crippen molar-refractivity contribution in [3.05, 3.63) is 53.7 Å². The molecule has 0 atom stereocenters. The van der Waals surface area contributed by atoms with Crippen LogP contribution in [-0.2, 0) is 0 Å². The topological polar surface area (TPSA) is 44.8 Å². The van der Waals surface area contributed by atoms with E-state index < -0.39 is 5.54 Å². The third-order valence-electron chi connectivity index (χ3n) is 7.03. The molecule has 1 heterocycles. The number of rotatable bonds is 9. The average molecular weight is 441 g/mol. The number of benzene rings is 2. The summed E-state index contributed by atoms with van der Waals surface area (Å²) in [4.78, 5) is 5.58. The van der Waals surface area contributed by atoms with Crippen molar-refractivity contribution in [2.75, 3.05) is 13.1 Å². The molecule has 0 bridgehead atoms. The van der Waals surface area contributed by atoms with Gasteiger partial charge < -0.3 is 14.8 Å². The lowest BCUT2D eigenvalue weighted by molar-refractivity contribution is -0.0883. The number of nitrogens with zero attached hydrogens (tertiary/aromatic N) is 2. The first-order valence-corrected chi connectivity index (χ1v) is 12.0. The van der Waals surface area contributed by atoms with Crippen LogP contribution in [0.1, 0.15) is 73.6 Å². The zero-order valence-corrected chi connectivity index (χ0v) is 20.7. The van der Waals surface area contributed by atoms with E-state index in [2.05, 4.69) is 57.2 Å². The minimum atomic E-state index is -0.560. The molecule has 0 aliphatic carbocycles. The number of hydroxylamine groups is 2. The van der Waals surface area contributed by atoms with Crippen molar-refractivity contribution in [3.63, 3.8) is 0 Å². The summed E-state index contributed by atoms with van der Waals surface area (Å²) in [7, 11) is 0. The van der Waals surface area contributed by atoms with E-state index in [4.69, 9.17) is 9.57 Å². The molecule has 1 aliphatic heterocycles. The predicted molar refractivity (Wildman–Crippen MR) is 133 cm³/mol. The van der Waals surface area contributed by atoms with Gasteiger partial charge >= 0.3 is 0 Å². The smallest absolute Gasteiger partial charge is 0.146 e. The second kappa shape index (κ2) is 9.82. The highest BCUT2D eigenvalue weighted by atomic mass is 16.9. The molecule has 2 aromatic carbocycles. The maximum Gasteiger partial charge on any atom is 0.146 e. The third-order valence-corrected chi connectivity index (χ3v) is 7.03. The van der Waals surface area contributed by atoms with E-state index in [0.29, 0.717) is 17.4 Å². The highest BCUT2D eigenvalue weighted by Gasteiger charge is 2.35. The summed E-state index contributed by atoms with van der Waals surface area (Å²) in [6.45, 7) is 14.3. The molecule has 176 valence electrons. The standard InChI is InChI=1S/C27H40N2O3/c1-7-26(3,4)28(30)32-25-18-14-23(15-19-25)29(20-10-9-11-21-29)22-12-16-24(17-13-22)31-27(5,6)8-2/h12-19H,7-11,20-21H2,1-6H3. The first-order valence-electron chi connectivity index (χ1n) is 12.0. The Morgan fingerprint density at radius 1 is 0.781 bits per heavy atom. The quantitative estimate of drug-likeness (QED) is 0.302. The Labute approximate surface area is 194 Å². The normalized spacial score (nSPS) is 16.8. The van der Waals surface area contributed by atoms with Gasteiger partial charge in [0.25, 0.3) is 0 Å². The molecule has 0 aromatic heterocycles. The van der Waals surface area contributed by atoms with Gasteiger partial charge in [-0.2, -0.15) is 0 Å². The molecule has 1 fully saturated rings. The van der Waals surface area contributed by atoms with Crippen molar-refractivity contribution in [2.24, 2.45) is 0 Å². The predicted octanol–water partition coefficient (Wildman–Crippen LogP) is 7.36. The molecule has 0 saturated carbocycles. The van der Waals surface area contributed by atoms with Gasteiger partial charge in [0, 0.05) is 29.8 Å². The Balaban J connectivity index is 1.85. The summed E-state index contributed by atoms with van der Waals surface area (Å²) in [5.41, 5.74) is 1.77. The van der Waals surface area contributed by atoms with Gasteiger partial charge in [0.05, 0.1) is 13.1 Å². The van der Waals surface area contributed by atoms with Crippen LogP contribution in [0.3, 0.4) is 0 Å². The van der Waals surface area contributed by atoms with Crippen LogP contribution < -0.4 is 14.1 Å². The van der Waals surface area contributed by atoms with E-state index in [9.17, 15) is 5.21 Å². The van der Waals surface area contributed by atoms with Gasteiger partial charge in [-0.15, -0.1) is 0 Å². The maximum absolute atomic E-state index is 12.4. The van der Waals surface area contributed by atoms with E-state index in [0.717, 1.165) is 29.7 Å². The number of quaternary nitrogens is 1. The fourth-order valence-corrected chi connectivity index (χ4v) is 4.05. The Bertz CT molecular complexity index is 853. The molecule has 0 radical (unpaired) electrons. The van der Waals surface area contributed by atoms with Crippen LogP contribution in [0.2, 0.25) is 0 Å². The second-order valence-electron chi connectivity index (χ2n) is 10.2. The van der Waals surface area contributed by atoms with Crippen LogP contribution in [0.5, 0.6) is 11.5 Å². The molecule has 1 saturated heterocycles. The van der Waals surface area contributed by atoms with Gasteiger partial charge in [0.1, 0.15) is 28.5 Å². The van der Waals surface area contributed by atoms with Crippen molar-refractivity contribution < 1.29 is 9.57 Å². The first-order chi connectivity index (χ1) is 15.1. The van der Waals surface area contributed by atoms with Crippen LogP contribution in [0.25, 0.3) is 0 Å². The van der Waals surface area contributed by atoms with Crippen molar-refractivity contribution in [2.45, 2.75) is 84.8 Å².